The van der Waals surface area contributed by atoms with E-state index in [2.05, 4.69) is 4.98 Å². The second-order valence-corrected chi connectivity index (χ2v) is 4.90. The van der Waals surface area contributed by atoms with Crippen LogP contribution in [0.4, 0.5) is 28.4 Å². The molecule has 0 aliphatic carbocycles. The number of hydrogen-bond acceptors (Lipinski definition) is 4. The van der Waals surface area contributed by atoms with E-state index in [1.165, 1.54) is 5.38 Å². The first-order valence-electron chi connectivity index (χ1n) is 5.59. The van der Waals surface area contributed by atoms with Crippen molar-refractivity contribution >= 4 is 28.1 Å². The van der Waals surface area contributed by atoms with Crippen LogP contribution in [-0.2, 0) is 4.79 Å². The zero-order valence-corrected chi connectivity index (χ0v) is 11.1. The number of aromatic nitrogens is 1. The van der Waals surface area contributed by atoms with Crippen molar-refractivity contribution in [1.82, 2.24) is 4.98 Å². The summed E-state index contributed by atoms with van der Waals surface area (Å²) >= 11 is 0.844. The number of nitrogens with one attached hydrogen (secondary N) is 1. The van der Waals surface area contributed by atoms with Gasteiger partial charge in [-0.05, 0) is 12.1 Å². The molecule has 0 radical (unpaired) electrons. The minimum atomic E-state index is -4.76. The second kappa shape index (κ2) is 5.68. The molecular weight excluding hydrogens is 310 g/mol. The highest BCUT2D eigenvalue weighted by Gasteiger charge is 2.49. The van der Waals surface area contributed by atoms with Gasteiger partial charge >= 0.3 is 18.3 Å². The van der Waals surface area contributed by atoms with Crippen molar-refractivity contribution in [2.45, 2.75) is 12.3 Å². The second-order valence-electron chi connectivity index (χ2n) is 4.04. The molecule has 1 heterocycles. The number of anilines is 2. The first-order valence-corrected chi connectivity index (χ1v) is 6.47. The van der Waals surface area contributed by atoms with Crippen molar-refractivity contribution in [3.63, 3.8) is 0 Å². The van der Waals surface area contributed by atoms with E-state index in [1.807, 2.05) is 0 Å². The number of thiazole rings is 1. The van der Waals surface area contributed by atoms with Gasteiger partial charge in [-0.25, -0.2) is 13.8 Å². The topological polar surface area (TPSA) is 68.0 Å². The number of alkyl halides is 4. The molecule has 1 aromatic carbocycles. The lowest BCUT2D eigenvalue weighted by atomic mass is 10.1. The number of rotatable bonds is 4. The van der Waals surface area contributed by atoms with Crippen LogP contribution in [0.1, 0.15) is 0 Å². The van der Waals surface area contributed by atoms with Gasteiger partial charge in [0.25, 0.3) is 0 Å². The molecule has 112 valence electrons. The molecule has 2 rings (SSSR count). The zero-order valence-electron chi connectivity index (χ0n) is 10.3. The summed E-state index contributed by atoms with van der Waals surface area (Å²) in [5, 5.41) is 2.97. The number of nitrogens with zero attached hydrogens (tertiary/aromatic N) is 1. The molecule has 1 aromatic heterocycles. The van der Waals surface area contributed by atoms with Gasteiger partial charge in [0.1, 0.15) is 0 Å². The lowest BCUT2D eigenvalue weighted by molar-refractivity contribution is -0.163. The Morgan fingerprint density at radius 3 is 2.71 bits per heavy atom. The summed E-state index contributed by atoms with van der Waals surface area (Å²) in [7, 11) is 0. The van der Waals surface area contributed by atoms with Crippen LogP contribution < -0.4 is 11.1 Å². The third kappa shape index (κ3) is 3.30. The molecule has 0 spiro atoms. The number of amides is 1. The summed E-state index contributed by atoms with van der Waals surface area (Å²) in [4.78, 5) is 15.0. The van der Waals surface area contributed by atoms with E-state index in [1.54, 1.807) is 29.6 Å². The Hall–Kier alpha value is -2.16. The molecule has 0 fully saturated rings. The van der Waals surface area contributed by atoms with Gasteiger partial charge in [-0.3, -0.25) is 10.1 Å². The van der Waals surface area contributed by atoms with Gasteiger partial charge < -0.3 is 5.73 Å². The monoisotopic (exact) mass is 319 g/mol. The van der Waals surface area contributed by atoms with E-state index in [9.17, 15) is 22.4 Å². The Bertz CT molecular complexity index is 659. The highest BCUT2D eigenvalue weighted by Crippen LogP contribution is 2.29. The fourth-order valence-corrected chi connectivity index (χ4v) is 2.16. The largest absolute Gasteiger partial charge is 0.399 e. The third-order valence-corrected chi connectivity index (χ3v) is 3.24. The van der Waals surface area contributed by atoms with Crippen LogP contribution in [0.15, 0.2) is 29.6 Å². The maximum Gasteiger partial charge on any atom is 0.383 e. The molecule has 4 nitrogen and oxygen atoms in total. The van der Waals surface area contributed by atoms with Crippen molar-refractivity contribution in [3.8, 4) is 11.3 Å². The normalized spacial score (nSPS) is 11.7. The van der Waals surface area contributed by atoms with Crippen molar-refractivity contribution in [1.29, 1.82) is 0 Å². The molecule has 0 unspecified atom stereocenters. The average Bonchev–Trinajstić information content (AvgIpc) is 2.87. The number of carbonyl (C=O) groups excluding carboxylic acids is 1. The predicted molar refractivity (Wildman–Crippen MR) is 71.5 cm³/mol. The molecule has 21 heavy (non-hydrogen) atoms. The standard InChI is InChI=1S/C12H9F4N3OS/c13-9(14)12(15,16)10(20)19-11-18-8(5-21-11)6-2-1-3-7(17)4-6/h1-5,9H,17H2,(H,18,19,20). The van der Waals surface area contributed by atoms with Crippen LogP contribution in [0, 0.1) is 0 Å². The number of nitrogens with two attached hydrogens (primary N) is 1. The number of carbonyl (C=O) groups is 1. The van der Waals surface area contributed by atoms with Crippen molar-refractivity contribution in [2.24, 2.45) is 0 Å². The van der Waals surface area contributed by atoms with E-state index in [0.717, 1.165) is 11.3 Å². The molecule has 0 atom stereocenters. The van der Waals surface area contributed by atoms with Gasteiger partial charge in [-0.1, -0.05) is 12.1 Å². The molecule has 0 saturated heterocycles. The molecule has 0 bridgehead atoms. The average molecular weight is 319 g/mol. The highest BCUT2D eigenvalue weighted by atomic mass is 32.1. The Labute approximate surface area is 120 Å². The Morgan fingerprint density at radius 1 is 1.38 bits per heavy atom. The van der Waals surface area contributed by atoms with Gasteiger partial charge in [0, 0.05) is 16.6 Å². The Balaban J connectivity index is 2.16. The zero-order chi connectivity index (χ0) is 15.6. The number of nitrogen functional groups attached to an aromatic ring is 1. The van der Waals surface area contributed by atoms with Gasteiger partial charge in [0.05, 0.1) is 5.69 Å². The quantitative estimate of drug-likeness (QED) is 0.671. The molecule has 0 aliphatic heterocycles. The Kier molecular flexibility index (Phi) is 4.12. The summed E-state index contributed by atoms with van der Waals surface area (Å²) in [5.74, 6) is -6.85. The van der Waals surface area contributed by atoms with Crippen LogP contribution in [0.2, 0.25) is 0 Å². The SMILES string of the molecule is Nc1cccc(-c2csc(NC(=O)C(F)(F)C(F)F)n2)c1. The van der Waals surface area contributed by atoms with Crippen LogP contribution in [0.25, 0.3) is 11.3 Å². The predicted octanol–water partition coefficient (Wildman–Crippen LogP) is 3.23. The summed E-state index contributed by atoms with van der Waals surface area (Å²) in [5.41, 5.74) is 7.09. The van der Waals surface area contributed by atoms with Crippen LogP contribution in [0.3, 0.4) is 0 Å². The molecule has 9 heteroatoms. The molecule has 3 N–H and O–H groups in total. The highest BCUT2D eigenvalue weighted by molar-refractivity contribution is 7.14. The molecular formula is C12H9F4N3OS. The fourth-order valence-electron chi connectivity index (χ4n) is 1.44. The van der Waals surface area contributed by atoms with E-state index < -0.39 is 18.3 Å². The van der Waals surface area contributed by atoms with Gasteiger partial charge in [0.15, 0.2) is 5.13 Å². The van der Waals surface area contributed by atoms with Gasteiger partial charge in [0.2, 0.25) is 0 Å². The summed E-state index contributed by atoms with van der Waals surface area (Å²) in [6.45, 7) is 0. The van der Waals surface area contributed by atoms with Crippen LogP contribution in [0.5, 0.6) is 0 Å². The summed E-state index contributed by atoms with van der Waals surface area (Å²) in [6.07, 6.45) is -4.08. The summed E-state index contributed by atoms with van der Waals surface area (Å²) < 4.78 is 49.7. The maximum absolute atomic E-state index is 12.8. The minimum Gasteiger partial charge on any atom is -0.399 e. The molecule has 0 aliphatic rings. The van der Waals surface area contributed by atoms with Crippen molar-refractivity contribution < 1.29 is 22.4 Å². The van der Waals surface area contributed by atoms with E-state index in [4.69, 9.17) is 5.73 Å². The first-order chi connectivity index (χ1) is 9.80. The van der Waals surface area contributed by atoms with Crippen LogP contribution >= 0.6 is 11.3 Å². The van der Waals surface area contributed by atoms with Gasteiger partial charge in [-0.2, -0.15) is 8.78 Å². The maximum atomic E-state index is 12.8. The van der Waals surface area contributed by atoms with E-state index in [0.29, 0.717) is 16.9 Å². The molecule has 1 amide bonds. The Morgan fingerprint density at radius 2 is 2.10 bits per heavy atom. The smallest absolute Gasteiger partial charge is 0.383 e. The number of halogens is 4. The van der Waals surface area contributed by atoms with E-state index >= 15 is 0 Å². The number of benzene rings is 1. The molecule has 2 aromatic rings. The first kappa shape index (κ1) is 15.2. The third-order valence-electron chi connectivity index (χ3n) is 2.48. The van der Waals surface area contributed by atoms with Crippen molar-refractivity contribution in [2.75, 3.05) is 11.1 Å². The van der Waals surface area contributed by atoms with E-state index in [-0.39, 0.29) is 5.13 Å². The minimum absolute atomic E-state index is 0.197. The van der Waals surface area contributed by atoms with Gasteiger partial charge in [-0.15, -0.1) is 11.3 Å². The fraction of sp³-hybridized carbons (Fsp3) is 0.167. The van der Waals surface area contributed by atoms with Crippen molar-refractivity contribution in [3.05, 3.63) is 29.6 Å². The molecule has 0 saturated carbocycles. The lowest BCUT2D eigenvalue weighted by Gasteiger charge is -2.13. The number of hydrogen-bond donors (Lipinski definition) is 2. The van der Waals surface area contributed by atoms with Crippen LogP contribution in [-0.4, -0.2) is 23.2 Å². The lowest BCUT2D eigenvalue weighted by Crippen LogP contribution is -2.40. The summed E-state index contributed by atoms with van der Waals surface area (Å²) in [6, 6.07) is 6.62.